The molecular weight excluding hydrogens is 260 g/mol. The number of nitrogen functional groups attached to an aromatic ring is 1. The number of amidine groups is 1. The fraction of sp³-hybridized carbons (Fsp3) is 0.111. The molecule has 7 heteroatoms. The number of aromatic amines is 1. The lowest BCUT2D eigenvalue weighted by atomic mass is 10.1. The highest BCUT2D eigenvalue weighted by Gasteiger charge is 2.21. The second-order valence-corrected chi connectivity index (χ2v) is 6.42. The topological polar surface area (TPSA) is 78.6 Å². The first-order valence-electron chi connectivity index (χ1n) is 4.39. The van der Waals surface area contributed by atoms with Crippen molar-refractivity contribution in [1.82, 2.24) is 9.97 Å². The van der Waals surface area contributed by atoms with Crippen LogP contribution in [0.25, 0.3) is 11.0 Å². The molecule has 0 spiro atoms. The van der Waals surface area contributed by atoms with Crippen LogP contribution in [0.5, 0.6) is 0 Å². The first kappa shape index (κ1) is 11.7. The Morgan fingerprint density at radius 1 is 1.44 bits per heavy atom. The van der Waals surface area contributed by atoms with E-state index in [0.717, 1.165) is 5.39 Å². The normalized spacial score (nSPS) is 11.9. The van der Waals surface area contributed by atoms with Crippen molar-refractivity contribution in [2.45, 2.75) is 3.41 Å². The van der Waals surface area contributed by atoms with E-state index in [1.165, 1.54) is 0 Å². The number of aromatic nitrogens is 2. The van der Waals surface area contributed by atoms with E-state index in [9.17, 15) is 0 Å². The van der Waals surface area contributed by atoms with Crippen molar-refractivity contribution < 1.29 is 0 Å². The van der Waals surface area contributed by atoms with Gasteiger partial charge in [-0.1, -0.05) is 0 Å². The lowest BCUT2D eigenvalue weighted by molar-refractivity contribution is 1.18. The Morgan fingerprint density at radius 3 is 2.69 bits per heavy atom. The van der Waals surface area contributed by atoms with Crippen molar-refractivity contribution in [3.8, 4) is 0 Å². The molecule has 0 radical (unpaired) electrons. The summed E-state index contributed by atoms with van der Waals surface area (Å²) in [4.78, 5) is 7.19. The Kier molecular flexibility index (Phi) is 2.85. The van der Waals surface area contributed by atoms with Crippen molar-refractivity contribution in [3.63, 3.8) is 0 Å². The first-order chi connectivity index (χ1) is 7.39. The van der Waals surface area contributed by atoms with Crippen LogP contribution in [0.3, 0.4) is 0 Å². The third-order valence-corrected chi connectivity index (χ3v) is 2.91. The zero-order valence-electron chi connectivity index (χ0n) is 8.10. The molecule has 0 saturated heterocycles. The van der Waals surface area contributed by atoms with Crippen LogP contribution in [-0.2, 0) is 3.41 Å². The molecule has 0 aliphatic heterocycles. The minimum atomic E-state index is -0.880. The summed E-state index contributed by atoms with van der Waals surface area (Å²) in [7, 11) is 0. The maximum atomic E-state index is 7.46. The summed E-state index contributed by atoms with van der Waals surface area (Å²) in [6, 6.07) is 3.49. The molecule has 4 nitrogen and oxygen atoms in total. The molecule has 0 unspecified atom stereocenters. The highest BCUT2D eigenvalue weighted by atomic mass is 32.2. The van der Waals surface area contributed by atoms with Gasteiger partial charge in [-0.3, -0.25) is 5.41 Å². The van der Waals surface area contributed by atoms with E-state index < -0.39 is 3.41 Å². The van der Waals surface area contributed by atoms with Crippen LogP contribution in [0, 0.1) is 5.41 Å². The van der Waals surface area contributed by atoms with Crippen LogP contribution < -0.4 is 5.73 Å². The molecule has 16 heavy (non-hydrogen) atoms. The van der Waals surface area contributed by atoms with Crippen LogP contribution in [0.1, 0.15) is 11.3 Å². The Hall–Kier alpha value is -0.790. The fourth-order valence-corrected chi connectivity index (χ4v) is 1.80. The first-order valence-corrected chi connectivity index (χ1v) is 5.73. The number of thiol groups is 3. The van der Waals surface area contributed by atoms with E-state index in [1.54, 1.807) is 18.3 Å². The van der Waals surface area contributed by atoms with Gasteiger partial charge in [0.1, 0.15) is 14.9 Å². The van der Waals surface area contributed by atoms with Gasteiger partial charge in [0.25, 0.3) is 0 Å². The molecule has 4 N–H and O–H groups in total. The molecule has 2 aromatic rings. The number of rotatable bonds is 2. The molecular formula is C9H10N4S3. The van der Waals surface area contributed by atoms with Crippen LogP contribution in [0.4, 0.5) is 0 Å². The second kappa shape index (κ2) is 3.90. The molecule has 0 fully saturated rings. The summed E-state index contributed by atoms with van der Waals surface area (Å²) in [6.45, 7) is 0. The lowest BCUT2D eigenvalue weighted by Gasteiger charge is -2.11. The summed E-state index contributed by atoms with van der Waals surface area (Å²) < 4.78 is -0.880. The predicted octanol–water partition coefficient (Wildman–Crippen LogP) is 1.75. The molecule has 0 saturated carbocycles. The van der Waals surface area contributed by atoms with E-state index >= 15 is 0 Å². The number of nitrogens with zero attached hydrogens (tertiary/aromatic N) is 1. The summed E-state index contributed by atoms with van der Waals surface area (Å²) in [6.07, 6.45) is 1.59. The van der Waals surface area contributed by atoms with Gasteiger partial charge in [0, 0.05) is 17.1 Å². The number of fused-ring (bicyclic) bond motifs is 1. The number of hydrogen-bond donors (Lipinski definition) is 6. The molecule has 2 rings (SSSR count). The SMILES string of the molecule is N=C(N)c1ccnc2[nH]c(C(S)(S)S)cc12. The van der Waals surface area contributed by atoms with E-state index in [2.05, 4.69) is 47.9 Å². The van der Waals surface area contributed by atoms with Crippen LogP contribution >= 0.6 is 37.9 Å². The lowest BCUT2D eigenvalue weighted by Crippen LogP contribution is -2.11. The van der Waals surface area contributed by atoms with Crippen molar-refractivity contribution in [3.05, 3.63) is 29.6 Å². The molecule has 0 amide bonds. The number of nitrogens with one attached hydrogen (secondary N) is 2. The van der Waals surface area contributed by atoms with Crippen molar-refractivity contribution in [2.24, 2.45) is 5.73 Å². The molecule has 0 bridgehead atoms. The van der Waals surface area contributed by atoms with E-state index in [0.29, 0.717) is 16.9 Å². The number of H-pyrrole nitrogens is 1. The quantitative estimate of drug-likeness (QED) is 0.218. The van der Waals surface area contributed by atoms with Crippen molar-refractivity contribution >= 4 is 54.8 Å². The molecule has 0 aliphatic rings. The third-order valence-electron chi connectivity index (χ3n) is 2.18. The Labute approximate surface area is 109 Å². The van der Waals surface area contributed by atoms with Gasteiger partial charge < -0.3 is 10.7 Å². The van der Waals surface area contributed by atoms with E-state index in [-0.39, 0.29) is 5.84 Å². The van der Waals surface area contributed by atoms with Crippen LogP contribution in [-0.4, -0.2) is 15.8 Å². The van der Waals surface area contributed by atoms with Gasteiger partial charge in [-0.25, -0.2) is 4.98 Å². The van der Waals surface area contributed by atoms with Crippen molar-refractivity contribution in [1.29, 1.82) is 5.41 Å². The minimum absolute atomic E-state index is 0.000966. The zero-order valence-corrected chi connectivity index (χ0v) is 10.8. The third kappa shape index (κ3) is 2.02. The molecule has 2 heterocycles. The molecule has 0 aliphatic carbocycles. The number of hydrogen-bond acceptors (Lipinski definition) is 5. The van der Waals surface area contributed by atoms with Gasteiger partial charge in [-0.05, 0) is 12.1 Å². The second-order valence-electron chi connectivity index (χ2n) is 3.35. The monoisotopic (exact) mass is 270 g/mol. The van der Waals surface area contributed by atoms with Gasteiger partial charge in [0.15, 0.2) is 0 Å². The zero-order chi connectivity index (χ0) is 11.9. The molecule has 2 aromatic heterocycles. The van der Waals surface area contributed by atoms with Gasteiger partial charge in [-0.2, -0.15) is 0 Å². The highest BCUT2D eigenvalue weighted by Crippen LogP contribution is 2.37. The Balaban J connectivity index is 2.71. The van der Waals surface area contributed by atoms with Gasteiger partial charge >= 0.3 is 0 Å². The smallest absolute Gasteiger partial charge is 0.139 e. The van der Waals surface area contributed by atoms with Crippen LogP contribution in [0.2, 0.25) is 0 Å². The van der Waals surface area contributed by atoms with Gasteiger partial charge in [0.2, 0.25) is 0 Å². The fourth-order valence-electron chi connectivity index (χ4n) is 1.44. The summed E-state index contributed by atoms with van der Waals surface area (Å²) in [5, 5.41) is 8.23. The number of nitrogens with two attached hydrogens (primary N) is 1. The van der Waals surface area contributed by atoms with Gasteiger partial charge in [-0.15, -0.1) is 37.9 Å². The standard InChI is InChI=1S/C9H10N4S3/c10-7(11)4-1-2-12-8-5(4)3-6(13-8)9(14,15)16/h1-3,14-16H,(H3,10,11)(H,12,13). The Morgan fingerprint density at radius 2 is 2.12 bits per heavy atom. The highest BCUT2D eigenvalue weighted by molar-refractivity contribution is 8.15. The average Bonchev–Trinajstić information content (AvgIpc) is 2.59. The molecule has 0 atom stereocenters. The maximum Gasteiger partial charge on any atom is 0.139 e. The number of pyridine rings is 1. The summed E-state index contributed by atoms with van der Waals surface area (Å²) >= 11 is 12.7. The minimum Gasteiger partial charge on any atom is -0.384 e. The van der Waals surface area contributed by atoms with Gasteiger partial charge in [0.05, 0.1) is 5.69 Å². The molecule has 84 valence electrons. The van der Waals surface area contributed by atoms with E-state index in [4.69, 9.17) is 11.1 Å². The predicted molar refractivity (Wildman–Crippen MR) is 75.7 cm³/mol. The summed E-state index contributed by atoms with van der Waals surface area (Å²) in [5.74, 6) is 0.000966. The summed E-state index contributed by atoms with van der Waals surface area (Å²) in [5.41, 5.74) is 7.45. The van der Waals surface area contributed by atoms with Crippen LogP contribution in [0.15, 0.2) is 18.3 Å². The largest absolute Gasteiger partial charge is 0.384 e. The van der Waals surface area contributed by atoms with E-state index in [1.807, 2.05) is 0 Å². The van der Waals surface area contributed by atoms with Crippen molar-refractivity contribution in [2.75, 3.05) is 0 Å². The molecule has 0 aromatic carbocycles. The maximum absolute atomic E-state index is 7.46. The Bertz CT molecular complexity index is 555. The average molecular weight is 270 g/mol.